The Bertz CT molecular complexity index is 413. The lowest BCUT2D eigenvalue weighted by Gasteiger charge is -2.36. The van der Waals surface area contributed by atoms with Crippen LogP contribution in [0.15, 0.2) is 30.3 Å². The van der Waals surface area contributed by atoms with Gasteiger partial charge in [-0.3, -0.25) is 4.79 Å². The highest BCUT2D eigenvalue weighted by molar-refractivity contribution is 5.78. The van der Waals surface area contributed by atoms with Crippen molar-refractivity contribution in [1.82, 2.24) is 10.2 Å². The predicted molar refractivity (Wildman–Crippen MR) is 83.0 cm³/mol. The maximum absolute atomic E-state index is 12.1. The Labute approximate surface area is 121 Å². The number of rotatable bonds is 5. The molecule has 1 aromatic rings. The molecule has 1 heterocycles. The molecule has 4 heteroatoms. The summed E-state index contributed by atoms with van der Waals surface area (Å²) in [6, 6.07) is 10.8. The normalized spacial score (nSPS) is 17.1. The number of nitrogens with zero attached hydrogens (tertiary/aromatic N) is 2. The minimum absolute atomic E-state index is 0.220. The van der Waals surface area contributed by atoms with Gasteiger partial charge >= 0.3 is 0 Å². The number of carbonyl (C=O) groups is 1. The fourth-order valence-corrected chi connectivity index (χ4v) is 2.37. The molecule has 0 bridgehead atoms. The zero-order chi connectivity index (χ0) is 14.4. The fraction of sp³-hybridized carbons (Fsp3) is 0.562. The molecule has 1 unspecified atom stereocenters. The number of piperazine rings is 1. The van der Waals surface area contributed by atoms with Crippen molar-refractivity contribution in [3.63, 3.8) is 0 Å². The highest BCUT2D eigenvalue weighted by Crippen LogP contribution is 2.15. The van der Waals surface area contributed by atoms with Gasteiger partial charge in [-0.2, -0.15) is 0 Å². The van der Waals surface area contributed by atoms with E-state index in [-0.39, 0.29) is 5.91 Å². The standard InChI is InChI=1S/C16H25N3O/c1-3-14(2)17-13-16(20)19-11-9-18(10-12-19)15-7-5-4-6-8-15/h4-8,14,17H,3,9-13H2,1-2H3. The summed E-state index contributed by atoms with van der Waals surface area (Å²) in [4.78, 5) is 16.4. The molecule has 2 rings (SSSR count). The van der Waals surface area contributed by atoms with E-state index in [1.165, 1.54) is 5.69 Å². The van der Waals surface area contributed by atoms with Crippen LogP contribution >= 0.6 is 0 Å². The molecular weight excluding hydrogens is 250 g/mol. The molecule has 1 aromatic carbocycles. The van der Waals surface area contributed by atoms with Crippen LogP contribution in [0.4, 0.5) is 5.69 Å². The predicted octanol–water partition coefficient (Wildman–Crippen LogP) is 1.72. The second-order valence-electron chi connectivity index (χ2n) is 5.39. The molecule has 4 nitrogen and oxygen atoms in total. The highest BCUT2D eigenvalue weighted by atomic mass is 16.2. The van der Waals surface area contributed by atoms with Gasteiger partial charge in [0.25, 0.3) is 0 Å². The lowest BCUT2D eigenvalue weighted by atomic mass is 10.2. The van der Waals surface area contributed by atoms with Gasteiger partial charge < -0.3 is 15.1 Å². The highest BCUT2D eigenvalue weighted by Gasteiger charge is 2.20. The summed E-state index contributed by atoms with van der Waals surface area (Å²) >= 11 is 0. The van der Waals surface area contributed by atoms with Gasteiger partial charge in [-0.25, -0.2) is 0 Å². The molecule has 1 aliphatic heterocycles. The van der Waals surface area contributed by atoms with Crippen LogP contribution in [0.2, 0.25) is 0 Å². The zero-order valence-electron chi connectivity index (χ0n) is 12.5. The second kappa shape index (κ2) is 7.29. The molecule has 1 saturated heterocycles. The largest absolute Gasteiger partial charge is 0.368 e. The first-order valence-electron chi connectivity index (χ1n) is 7.52. The Morgan fingerprint density at radius 3 is 2.45 bits per heavy atom. The summed E-state index contributed by atoms with van der Waals surface area (Å²) in [6.45, 7) is 8.16. The molecule has 0 aromatic heterocycles. The van der Waals surface area contributed by atoms with Crippen molar-refractivity contribution in [3.8, 4) is 0 Å². The molecule has 0 saturated carbocycles. The third-order valence-corrected chi connectivity index (χ3v) is 3.97. The van der Waals surface area contributed by atoms with Crippen molar-refractivity contribution in [2.45, 2.75) is 26.3 Å². The van der Waals surface area contributed by atoms with Crippen LogP contribution in [0.3, 0.4) is 0 Å². The average Bonchev–Trinajstić information content (AvgIpc) is 2.53. The minimum atomic E-state index is 0.220. The summed E-state index contributed by atoms with van der Waals surface area (Å²) in [5.74, 6) is 0.220. The molecule has 0 radical (unpaired) electrons. The van der Waals surface area contributed by atoms with Crippen molar-refractivity contribution in [2.24, 2.45) is 0 Å². The topological polar surface area (TPSA) is 35.6 Å². The van der Waals surface area contributed by atoms with E-state index in [4.69, 9.17) is 0 Å². The smallest absolute Gasteiger partial charge is 0.236 e. The van der Waals surface area contributed by atoms with Crippen LogP contribution in [0.25, 0.3) is 0 Å². The number of amides is 1. The van der Waals surface area contributed by atoms with Crippen LogP contribution in [0.5, 0.6) is 0 Å². The van der Waals surface area contributed by atoms with E-state index in [0.29, 0.717) is 12.6 Å². The van der Waals surface area contributed by atoms with Crippen molar-refractivity contribution >= 4 is 11.6 Å². The summed E-state index contributed by atoms with van der Waals surface area (Å²) in [5.41, 5.74) is 1.25. The summed E-state index contributed by atoms with van der Waals surface area (Å²) < 4.78 is 0. The molecule has 1 amide bonds. The van der Waals surface area contributed by atoms with E-state index >= 15 is 0 Å². The van der Waals surface area contributed by atoms with Gasteiger partial charge in [0.05, 0.1) is 6.54 Å². The van der Waals surface area contributed by atoms with Gasteiger partial charge in [0.1, 0.15) is 0 Å². The van der Waals surface area contributed by atoms with Gasteiger partial charge in [0, 0.05) is 37.9 Å². The summed E-state index contributed by atoms with van der Waals surface area (Å²) in [6.07, 6.45) is 1.05. The number of para-hydroxylation sites is 1. The van der Waals surface area contributed by atoms with Gasteiger partial charge in [0.15, 0.2) is 0 Å². The van der Waals surface area contributed by atoms with Crippen molar-refractivity contribution in [1.29, 1.82) is 0 Å². The maximum Gasteiger partial charge on any atom is 0.236 e. The van der Waals surface area contributed by atoms with Gasteiger partial charge in [-0.1, -0.05) is 25.1 Å². The van der Waals surface area contributed by atoms with Gasteiger partial charge in [0.2, 0.25) is 5.91 Å². The van der Waals surface area contributed by atoms with Crippen LogP contribution in [-0.2, 0) is 4.79 Å². The average molecular weight is 275 g/mol. The molecule has 20 heavy (non-hydrogen) atoms. The number of benzene rings is 1. The number of anilines is 1. The van der Waals surface area contributed by atoms with Crippen LogP contribution in [0, 0.1) is 0 Å². The molecule has 0 spiro atoms. The third-order valence-electron chi connectivity index (χ3n) is 3.97. The Morgan fingerprint density at radius 2 is 1.85 bits per heavy atom. The molecule has 110 valence electrons. The zero-order valence-corrected chi connectivity index (χ0v) is 12.5. The second-order valence-corrected chi connectivity index (χ2v) is 5.39. The van der Waals surface area contributed by atoms with Gasteiger partial charge in [-0.05, 0) is 25.5 Å². The first-order chi connectivity index (χ1) is 9.70. The Balaban J connectivity index is 1.78. The molecule has 1 atom stereocenters. The Morgan fingerprint density at radius 1 is 1.20 bits per heavy atom. The fourth-order valence-electron chi connectivity index (χ4n) is 2.37. The van der Waals surface area contributed by atoms with E-state index < -0.39 is 0 Å². The van der Waals surface area contributed by atoms with E-state index in [1.54, 1.807) is 0 Å². The first-order valence-corrected chi connectivity index (χ1v) is 7.52. The van der Waals surface area contributed by atoms with E-state index in [1.807, 2.05) is 11.0 Å². The number of carbonyl (C=O) groups excluding carboxylic acids is 1. The van der Waals surface area contributed by atoms with E-state index in [2.05, 4.69) is 48.3 Å². The van der Waals surface area contributed by atoms with Gasteiger partial charge in [-0.15, -0.1) is 0 Å². The summed E-state index contributed by atoms with van der Waals surface area (Å²) in [5, 5.41) is 3.27. The molecule has 1 aliphatic rings. The van der Waals surface area contributed by atoms with Crippen molar-refractivity contribution in [2.75, 3.05) is 37.6 Å². The van der Waals surface area contributed by atoms with Crippen LogP contribution in [-0.4, -0.2) is 49.6 Å². The van der Waals surface area contributed by atoms with E-state index in [9.17, 15) is 4.79 Å². The molecule has 1 fully saturated rings. The lowest BCUT2D eigenvalue weighted by molar-refractivity contribution is -0.130. The number of hydrogen-bond acceptors (Lipinski definition) is 3. The third kappa shape index (κ3) is 3.97. The molecular formula is C16H25N3O. The van der Waals surface area contributed by atoms with Crippen molar-refractivity contribution < 1.29 is 4.79 Å². The maximum atomic E-state index is 12.1. The monoisotopic (exact) mass is 275 g/mol. The molecule has 1 N–H and O–H groups in total. The Kier molecular flexibility index (Phi) is 5.41. The van der Waals surface area contributed by atoms with E-state index in [0.717, 1.165) is 32.6 Å². The molecule has 0 aliphatic carbocycles. The van der Waals surface area contributed by atoms with Crippen LogP contribution < -0.4 is 10.2 Å². The van der Waals surface area contributed by atoms with Crippen molar-refractivity contribution in [3.05, 3.63) is 30.3 Å². The quantitative estimate of drug-likeness (QED) is 0.889. The SMILES string of the molecule is CCC(C)NCC(=O)N1CCN(c2ccccc2)CC1. The summed E-state index contributed by atoms with van der Waals surface area (Å²) in [7, 11) is 0. The van der Waals surface area contributed by atoms with Crippen LogP contribution in [0.1, 0.15) is 20.3 Å². The number of nitrogens with one attached hydrogen (secondary N) is 1. The lowest BCUT2D eigenvalue weighted by Crippen LogP contribution is -2.51. The Hall–Kier alpha value is -1.55. The first kappa shape index (κ1) is 14.9. The minimum Gasteiger partial charge on any atom is -0.368 e. The number of hydrogen-bond donors (Lipinski definition) is 1.